The van der Waals surface area contributed by atoms with Crippen molar-refractivity contribution >= 4 is 12.1 Å². The zero-order valence-electron chi connectivity index (χ0n) is 11.9. The van der Waals surface area contributed by atoms with E-state index >= 15 is 0 Å². The zero-order valence-corrected chi connectivity index (χ0v) is 11.9. The number of aldehydes is 1. The summed E-state index contributed by atoms with van der Waals surface area (Å²) in [7, 11) is 0. The van der Waals surface area contributed by atoms with E-state index in [4.69, 9.17) is 0 Å². The molecule has 0 saturated carbocycles. The fourth-order valence-electron chi connectivity index (χ4n) is 2.42. The van der Waals surface area contributed by atoms with E-state index < -0.39 is 0 Å². The van der Waals surface area contributed by atoms with Crippen molar-refractivity contribution in [3.63, 3.8) is 0 Å². The van der Waals surface area contributed by atoms with Crippen LogP contribution < -0.4 is 0 Å². The van der Waals surface area contributed by atoms with E-state index in [1.807, 2.05) is 54.6 Å². The van der Waals surface area contributed by atoms with Gasteiger partial charge in [0.25, 0.3) is 0 Å². The van der Waals surface area contributed by atoms with Gasteiger partial charge in [-0.25, -0.2) is 0 Å². The van der Waals surface area contributed by atoms with Crippen molar-refractivity contribution in [1.29, 1.82) is 0 Å². The zero-order chi connectivity index (χ0) is 15.4. The number of carbonyl (C=O) groups excluding carboxylic acids is 2. The third-order valence-electron chi connectivity index (χ3n) is 3.57. The summed E-state index contributed by atoms with van der Waals surface area (Å²) in [4.78, 5) is 23.9. The summed E-state index contributed by atoms with van der Waals surface area (Å²) in [5.41, 5.74) is 3.37. The molecular weight excluding hydrogens is 272 g/mol. The van der Waals surface area contributed by atoms with Crippen molar-refractivity contribution in [3.8, 4) is 11.1 Å². The van der Waals surface area contributed by atoms with Gasteiger partial charge in [-0.05, 0) is 23.3 Å². The van der Waals surface area contributed by atoms with Crippen LogP contribution in [0.1, 0.15) is 26.3 Å². The average Bonchev–Trinajstić information content (AvgIpc) is 2.62. The summed E-state index contributed by atoms with van der Waals surface area (Å²) in [5, 5.41) is 0. The van der Waals surface area contributed by atoms with E-state index in [0.29, 0.717) is 16.7 Å². The molecule has 0 aromatic heterocycles. The first-order valence-electron chi connectivity index (χ1n) is 7.04. The van der Waals surface area contributed by atoms with Crippen LogP contribution in [0.4, 0.5) is 0 Å². The van der Waals surface area contributed by atoms with Crippen LogP contribution in [0.2, 0.25) is 0 Å². The molecular formula is C20H14O2. The molecule has 3 aromatic rings. The normalized spacial score (nSPS) is 10.2. The molecule has 0 aliphatic carbocycles. The van der Waals surface area contributed by atoms with Gasteiger partial charge in [0, 0.05) is 16.7 Å². The molecule has 22 heavy (non-hydrogen) atoms. The standard InChI is InChI=1S/C20H14O2/c21-14-18-13-17(15-7-3-1-4-8-15)11-12-19(18)20(22)16-9-5-2-6-10-16/h1-14H. The van der Waals surface area contributed by atoms with Gasteiger partial charge in [-0.3, -0.25) is 9.59 Å². The van der Waals surface area contributed by atoms with E-state index in [1.165, 1.54) is 0 Å². The van der Waals surface area contributed by atoms with E-state index in [-0.39, 0.29) is 5.78 Å². The highest BCUT2D eigenvalue weighted by molar-refractivity contribution is 6.13. The van der Waals surface area contributed by atoms with Crippen LogP contribution in [0.5, 0.6) is 0 Å². The second-order valence-corrected chi connectivity index (χ2v) is 4.98. The summed E-state index contributed by atoms with van der Waals surface area (Å²) < 4.78 is 0. The fraction of sp³-hybridized carbons (Fsp3) is 0. The molecule has 0 fully saturated rings. The summed E-state index contributed by atoms with van der Waals surface area (Å²) in [6, 6.07) is 24.1. The van der Waals surface area contributed by atoms with Gasteiger partial charge < -0.3 is 0 Å². The van der Waals surface area contributed by atoms with Gasteiger partial charge in [0.05, 0.1) is 0 Å². The Bertz CT molecular complexity index is 806. The van der Waals surface area contributed by atoms with Crippen molar-refractivity contribution < 1.29 is 9.59 Å². The molecule has 0 N–H and O–H groups in total. The Hall–Kier alpha value is -3.00. The van der Waals surface area contributed by atoms with Crippen LogP contribution in [0.25, 0.3) is 11.1 Å². The molecule has 0 amide bonds. The van der Waals surface area contributed by atoms with Gasteiger partial charge in [-0.2, -0.15) is 0 Å². The maximum atomic E-state index is 12.5. The molecule has 0 unspecified atom stereocenters. The minimum Gasteiger partial charge on any atom is -0.298 e. The number of benzene rings is 3. The summed E-state index contributed by atoms with van der Waals surface area (Å²) in [6.45, 7) is 0. The SMILES string of the molecule is O=Cc1cc(-c2ccccc2)ccc1C(=O)c1ccccc1. The first kappa shape index (κ1) is 14.0. The molecule has 0 saturated heterocycles. The molecule has 0 radical (unpaired) electrons. The number of hydrogen-bond acceptors (Lipinski definition) is 2. The van der Waals surface area contributed by atoms with Gasteiger partial charge in [0.1, 0.15) is 0 Å². The smallest absolute Gasteiger partial charge is 0.193 e. The lowest BCUT2D eigenvalue weighted by Gasteiger charge is -2.07. The quantitative estimate of drug-likeness (QED) is 0.526. The minimum absolute atomic E-state index is 0.137. The Balaban J connectivity index is 2.04. The third kappa shape index (κ3) is 2.72. The first-order chi connectivity index (χ1) is 10.8. The second kappa shape index (κ2) is 6.19. The second-order valence-electron chi connectivity index (χ2n) is 4.98. The Morgan fingerprint density at radius 2 is 1.36 bits per heavy atom. The molecule has 2 nitrogen and oxygen atoms in total. The maximum Gasteiger partial charge on any atom is 0.193 e. The number of carbonyl (C=O) groups is 2. The maximum absolute atomic E-state index is 12.5. The number of hydrogen-bond donors (Lipinski definition) is 0. The molecule has 0 bridgehead atoms. The van der Waals surface area contributed by atoms with Crippen LogP contribution in [-0.2, 0) is 0 Å². The van der Waals surface area contributed by atoms with E-state index in [9.17, 15) is 9.59 Å². The molecule has 0 aliphatic rings. The minimum atomic E-state index is -0.137. The highest BCUT2D eigenvalue weighted by atomic mass is 16.1. The summed E-state index contributed by atoms with van der Waals surface area (Å²) in [5.74, 6) is -0.137. The fourth-order valence-corrected chi connectivity index (χ4v) is 2.42. The average molecular weight is 286 g/mol. The van der Waals surface area contributed by atoms with Crippen molar-refractivity contribution in [2.45, 2.75) is 0 Å². The molecule has 0 heterocycles. The first-order valence-corrected chi connectivity index (χ1v) is 7.04. The Labute approximate surface area is 129 Å². The molecule has 3 rings (SSSR count). The Morgan fingerprint density at radius 3 is 2.00 bits per heavy atom. The van der Waals surface area contributed by atoms with E-state index in [0.717, 1.165) is 17.4 Å². The monoisotopic (exact) mass is 286 g/mol. The highest BCUT2D eigenvalue weighted by Gasteiger charge is 2.14. The molecule has 106 valence electrons. The van der Waals surface area contributed by atoms with Crippen LogP contribution in [0.3, 0.4) is 0 Å². The van der Waals surface area contributed by atoms with Crippen molar-refractivity contribution in [2.24, 2.45) is 0 Å². The predicted octanol–water partition coefficient (Wildman–Crippen LogP) is 4.40. The molecule has 0 spiro atoms. The molecule has 2 heteroatoms. The van der Waals surface area contributed by atoms with Gasteiger partial charge in [0.15, 0.2) is 12.1 Å². The van der Waals surface area contributed by atoms with E-state index in [2.05, 4.69) is 0 Å². The van der Waals surface area contributed by atoms with Crippen molar-refractivity contribution in [1.82, 2.24) is 0 Å². The lowest BCUT2D eigenvalue weighted by molar-refractivity contribution is 0.102. The van der Waals surface area contributed by atoms with Crippen molar-refractivity contribution in [3.05, 3.63) is 95.6 Å². The summed E-state index contributed by atoms with van der Waals surface area (Å²) >= 11 is 0. The molecule has 0 aliphatic heterocycles. The lowest BCUT2D eigenvalue weighted by atomic mass is 9.95. The van der Waals surface area contributed by atoms with Crippen LogP contribution in [-0.4, -0.2) is 12.1 Å². The molecule has 3 aromatic carbocycles. The summed E-state index contributed by atoms with van der Waals surface area (Å²) in [6.07, 6.45) is 0.739. The predicted molar refractivity (Wildman–Crippen MR) is 87.1 cm³/mol. The van der Waals surface area contributed by atoms with Gasteiger partial charge in [-0.15, -0.1) is 0 Å². The lowest BCUT2D eigenvalue weighted by Crippen LogP contribution is -2.05. The van der Waals surface area contributed by atoms with E-state index in [1.54, 1.807) is 24.3 Å². The molecule has 0 atom stereocenters. The van der Waals surface area contributed by atoms with Crippen LogP contribution >= 0.6 is 0 Å². The Kier molecular flexibility index (Phi) is 3.92. The van der Waals surface area contributed by atoms with Gasteiger partial charge in [-0.1, -0.05) is 66.7 Å². The number of ketones is 1. The van der Waals surface area contributed by atoms with Crippen LogP contribution in [0.15, 0.2) is 78.9 Å². The Morgan fingerprint density at radius 1 is 0.727 bits per heavy atom. The number of rotatable bonds is 4. The largest absolute Gasteiger partial charge is 0.298 e. The van der Waals surface area contributed by atoms with Crippen molar-refractivity contribution in [2.75, 3.05) is 0 Å². The topological polar surface area (TPSA) is 34.1 Å². The van der Waals surface area contributed by atoms with Gasteiger partial charge >= 0.3 is 0 Å². The third-order valence-corrected chi connectivity index (χ3v) is 3.57. The van der Waals surface area contributed by atoms with Crippen LogP contribution in [0, 0.1) is 0 Å². The van der Waals surface area contributed by atoms with Gasteiger partial charge in [0.2, 0.25) is 0 Å². The highest BCUT2D eigenvalue weighted by Crippen LogP contribution is 2.23.